The van der Waals surface area contributed by atoms with Gasteiger partial charge in [-0.3, -0.25) is 9.59 Å². The summed E-state index contributed by atoms with van der Waals surface area (Å²) in [5.74, 6) is -0.689. The maximum absolute atomic E-state index is 11.5. The Hall–Kier alpha value is -1.61. The van der Waals surface area contributed by atoms with Gasteiger partial charge in [0.05, 0.1) is 6.04 Å². The Morgan fingerprint density at radius 3 is 2.50 bits per heavy atom. The molecule has 18 heavy (non-hydrogen) atoms. The van der Waals surface area contributed by atoms with Crippen LogP contribution in [0.25, 0.3) is 0 Å². The first-order valence-electron chi connectivity index (χ1n) is 5.65. The molecule has 0 aliphatic carbocycles. The minimum atomic E-state index is -0.443. The molecule has 0 fully saturated rings. The number of carbonyl (C=O) groups is 2. The minimum absolute atomic E-state index is 0.00992. The number of carbonyl (C=O) groups excluding carboxylic acids is 2. The molecular weight excluding hydrogens is 250 g/mol. The molecule has 1 rings (SSSR count). The van der Waals surface area contributed by atoms with Crippen LogP contribution in [0.15, 0.2) is 36.9 Å². The summed E-state index contributed by atoms with van der Waals surface area (Å²) in [6.45, 7) is 6.66. The van der Waals surface area contributed by atoms with Crippen LogP contribution in [0.4, 0.5) is 0 Å². The van der Waals surface area contributed by atoms with Crippen molar-refractivity contribution in [3.63, 3.8) is 0 Å². The Kier molecular flexibility index (Phi) is 5.10. The van der Waals surface area contributed by atoms with Gasteiger partial charge >= 0.3 is 0 Å². The van der Waals surface area contributed by atoms with Crippen molar-refractivity contribution >= 4 is 23.3 Å². The zero-order valence-electron chi connectivity index (χ0n) is 10.4. The van der Waals surface area contributed by atoms with Gasteiger partial charge in [-0.15, -0.1) is 0 Å². The summed E-state index contributed by atoms with van der Waals surface area (Å²) in [4.78, 5) is 23.0. The van der Waals surface area contributed by atoms with Crippen LogP contribution in [0, 0.1) is 5.92 Å². The van der Waals surface area contributed by atoms with E-state index in [0.29, 0.717) is 5.02 Å². The normalized spacial score (nSPS) is 13.5. The predicted molar refractivity (Wildman–Crippen MR) is 72.4 cm³/mol. The van der Waals surface area contributed by atoms with Gasteiger partial charge in [-0.05, 0) is 24.6 Å². The molecule has 1 aromatic carbocycles. The molecule has 1 aromatic rings. The highest BCUT2D eigenvalue weighted by molar-refractivity contribution is 6.31. The van der Waals surface area contributed by atoms with Gasteiger partial charge in [-0.2, -0.15) is 0 Å². The first kappa shape index (κ1) is 14.5. The molecule has 0 bridgehead atoms. The Labute approximate surface area is 112 Å². The molecule has 0 aliphatic heterocycles. The Bertz CT molecular complexity index is 471. The molecule has 1 N–H and O–H groups in total. The fraction of sp³-hybridized carbons (Fsp3) is 0.286. The zero-order chi connectivity index (χ0) is 13.7. The summed E-state index contributed by atoms with van der Waals surface area (Å²) in [6, 6.07) is 6.71. The molecule has 0 heterocycles. The van der Waals surface area contributed by atoms with Gasteiger partial charge in [0.2, 0.25) is 5.91 Å². The number of rotatable bonds is 5. The second-order valence-electron chi connectivity index (χ2n) is 4.11. The molecule has 0 aromatic heterocycles. The van der Waals surface area contributed by atoms with E-state index >= 15 is 0 Å². The van der Waals surface area contributed by atoms with E-state index in [1.54, 1.807) is 25.1 Å². The van der Waals surface area contributed by atoms with Crippen molar-refractivity contribution in [2.45, 2.75) is 19.9 Å². The van der Waals surface area contributed by atoms with Gasteiger partial charge < -0.3 is 5.32 Å². The summed E-state index contributed by atoms with van der Waals surface area (Å²) in [5, 5.41) is 3.27. The second-order valence-corrected chi connectivity index (χ2v) is 4.52. The second kappa shape index (κ2) is 6.36. The highest BCUT2D eigenvalue weighted by Crippen LogP contribution is 2.28. The lowest BCUT2D eigenvalue weighted by molar-refractivity contribution is -0.122. The minimum Gasteiger partial charge on any atom is -0.345 e. The lowest BCUT2D eigenvalue weighted by Crippen LogP contribution is -2.34. The van der Waals surface area contributed by atoms with Crippen LogP contribution in [0.2, 0.25) is 5.02 Å². The molecule has 0 saturated heterocycles. The molecule has 0 spiro atoms. The van der Waals surface area contributed by atoms with Crippen LogP contribution >= 0.6 is 11.6 Å². The van der Waals surface area contributed by atoms with Crippen molar-refractivity contribution < 1.29 is 9.59 Å². The third-order valence-electron chi connectivity index (χ3n) is 2.86. The average Bonchev–Trinajstić information content (AvgIpc) is 2.35. The SMILES string of the molecule is C=CC(=O)N[C@H](c1ccccc1Cl)[C@@H](C)C(C)=O. The van der Waals surface area contributed by atoms with Gasteiger partial charge in [0.1, 0.15) is 5.78 Å². The summed E-state index contributed by atoms with van der Waals surface area (Å²) in [6.07, 6.45) is 1.18. The molecule has 0 saturated carbocycles. The summed E-state index contributed by atoms with van der Waals surface area (Å²) in [7, 11) is 0. The molecule has 2 atom stereocenters. The molecule has 0 aliphatic rings. The van der Waals surface area contributed by atoms with Gasteiger partial charge in [-0.25, -0.2) is 0 Å². The lowest BCUT2D eigenvalue weighted by atomic mass is 9.91. The van der Waals surface area contributed by atoms with E-state index in [4.69, 9.17) is 11.6 Å². The number of nitrogens with one attached hydrogen (secondary N) is 1. The van der Waals surface area contributed by atoms with Gasteiger partial charge in [-0.1, -0.05) is 43.3 Å². The van der Waals surface area contributed by atoms with Gasteiger partial charge in [0, 0.05) is 10.9 Å². The molecule has 1 amide bonds. The topological polar surface area (TPSA) is 46.2 Å². The third kappa shape index (κ3) is 3.44. The Balaban J connectivity index is 3.12. The van der Waals surface area contributed by atoms with Crippen molar-refractivity contribution in [3.05, 3.63) is 47.5 Å². The largest absolute Gasteiger partial charge is 0.345 e. The van der Waals surface area contributed by atoms with Crippen molar-refractivity contribution in [1.29, 1.82) is 0 Å². The van der Waals surface area contributed by atoms with E-state index in [9.17, 15) is 9.59 Å². The van der Waals surface area contributed by atoms with Crippen LogP contribution in [-0.2, 0) is 9.59 Å². The summed E-state index contributed by atoms with van der Waals surface area (Å²) in [5.41, 5.74) is 0.733. The fourth-order valence-corrected chi connectivity index (χ4v) is 1.90. The number of ketones is 1. The molecule has 3 nitrogen and oxygen atoms in total. The van der Waals surface area contributed by atoms with Crippen LogP contribution in [0.5, 0.6) is 0 Å². The van der Waals surface area contributed by atoms with E-state index in [0.717, 1.165) is 5.56 Å². The molecule has 0 unspecified atom stereocenters. The zero-order valence-corrected chi connectivity index (χ0v) is 11.2. The quantitative estimate of drug-likeness (QED) is 0.832. The number of hydrogen-bond acceptors (Lipinski definition) is 2. The monoisotopic (exact) mass is 265 g/mol. The van der Waals surface area contributed by atoms with Crippen molar-refractivity contribution in [3.8, 4) is 0 Å². The van der Waals surface area contributed by atoms with Crippen LogP contribution in [-0.4, -0.2) is 11.7 Å². The van der Waals surface area contributed by atoms with Gasteiger partial charge in [0.15, 0.2) is 0 Å². The number of Topliss-reactive ketones (excluding diaryl/α,β-unsaturated/α-hetero) is 1. The molecule has 96 valence electrons. The Morgan fingerprint density at radius 1 is 1.39 bits per heavy atom. The first-order valence-corrected chi connectivity index (χ1v) is 6.03. The standard InChI is InChI=1S/C14H16ClNO2/c1-4-13(18)16-14(9(2)10(3)17)11-7-5-6-8-12(11)15/h4-9,14H,1H2,2-3H3,(H,16,18)/t9-,14-/m0/s1. The van der Waals surface area contributed by atoms with Gasteiger partial charge in [0.25, 0.3) is 0 Å². The fourth-order valence-electron chi connectivity index (χ4n) is 1.65. The average molecular weight is 266 g/mol. The summed E-state index contributed by atoms with van der Waals surface area (Å²) >= 11 is 6.11. The molecule has 0 radical (unpaired) electrons. The van der Waals surface area contributed by atoms with Crippen LogP contribution in [0.1, 0.15) is 25.5 Å². The maximum Gasteiger partial charge on any atom is 0.243 e. The van der Waals surface area contributed by atoms with Crippen molar-refractivity contribution in [2.24, 2.45) is 5.92 Å². The lowest BCUT2D eigenvalue weighted by Gasteiger charge is -2.24. The number of hydrogen-bond donors (Lipinski definition) is 1. The van der Waals surface area contributed by atoms with E-state index in [1.807, 2.05) is 6.07 Å². The number of amides is 1. The van der Waals surface area contributed by atoms with Crippen LogP contribution in [0.3, 0.4) is 0 Å². The predicted octanol–water partition coefficient (Wildman–Crippen LogP) is 2.91. The number of benzene rings is 1. The highest BCUT2D eigenvalue weighted by atomic mass is 35.5. The Morgan fingerprint density at radius 2 is 2.00 bits per heavy atom. The number of halogens is 1. The maximum atomic E-state index is 11.5. The molecular formula is C14H16ClNO2. The summed E-state index contributed by atoms with van der Waals surface area (Å²) < 4.78 is 0. The van der Waals surface area contributed by atoms with E-state index in [-0.39, 0.29) is 17.6 Å². The van der Waals surface area contributed by atoms with E-state index < -0.39 is 6.04 Å². The smallest absolute Gasteiger partial charge is 0.243 e. The molecule has 4 heteroatoms. The third-order valence-corrected chi connectivity index (χ3v) is 3.21. The van der Waals surface area contributed by atoms with E-state index in [2.05, 4.69) is 11.9 Å². The van der Waals surface area contributed by atoms with Crippen LogP contribution < -0.4 is 5.32 Å². The van der Waals surface area contributed by atoms with E-state index in [1.165, 1.54) is 13.0 Å². The van der Waals surface area contributed by atoms with Crippen molar-refractivity contribution in [1.82, 2.24) is 5.32 Å². The van der Waals surface area contributed by atoms with Crippen molar-refractivity contribution in [2.75, 3.05) is 0 Å². The highest BCUT2D eigenvalue weighted by Gasteiger charge is 2.25. The first-order chi connectivity index (χ1) is 8.47.